The van der Waals surface area contributed by atoms with Gasteiger partial charge in [-0.05, 0) is 70.1 Å². The minimum absolute atomic E-state index is 0.112. The number of amides is 1. The molecule has 4 heterocycles. The Labute approximate surface area is 260 Å². The lowest BCUT2D eigenvalue weighted by molar-refractivity contribution is -0.128. The molecular weight excluding hydrogens is 581 g/mol. The molecule has 2 aromatic carbocycles. The number of carbonyl (C=O) groups excluding carboxylic acids is 1. The Hall–Kier alpha value is -3.76. The fourth-order valence-corrected chi connectivity index (χ4v) is 7.24. The standard InChI is InChI=1S/C33H37ClFN7O2/c1-5-26(43)41-15-19(4)42(16-18(41)3)32-23-12-24(34)28(27-17(2)6-7-21-13-37-40-30(21)27)29(35)31(23)38-33(39-32)44-22-10-11-25(36-14-22)20-8-9-20/h5-7,12-13,18-20,22,25,36H,1,8-11,14-16H2,2-4H3,(H,37,40)/t18-,19+,22?,25?/m1/s1. The predicted molar refractivity (Wildman–Crippen MR) is 171 cm³/mol. The molecule has 9 nitrogen and oxygen atoms in total. The smallest absolute Gasteiger partial charge is 0.319 e. The molecule has 1 amide bonds. The molecule has 11 heteroatoms. The summed E-state index contributed by atoms with van der Waals surface area (Å²) in [4.78, 5) is 26.1. The molecule has 7 rings (SSSR count). The van der Waals surface area contributed by atoms with Crippen molar-refractivity contribution in [3.05, 3.63) is 53.5 Å². The molecule has 1 saturated carbocycles. The Balaban J connectivity index is 1.34. The minimum atomic E-state index is -0.539. The summed E-state index contributed by atoms with van der Waals surface area (Å²) in [5.74, 6) is 0.660. The second kappa shape index (κ2) is 11.3. The molecule has 3 fully saturated rings. The number of hydrogen-bond donors (Lipinski definition) is 2. The third-order valence-corrected chi connectivity index (χ3v) is 9.80. The molecule has 2 saturated heterocycles. The van der Waals surface area contributed by atoms with Gasteiger partial charge in [-0.3, -0.25) is 9.89 Å². The Kier molecular flexibility index (Phi) is 7.45. The van der Waals surface area contributed by atoms with E-state index in [4.69, 9.17) is 26.3 Å². The number of rotatable bonds is 6. The highest BCUT2D eigenvalue weighted by Crippen LogP contribution is 2.43. The van der Waals surface area contributed by atoms with Gasteiger partial charge in [0.25, 0.3) is 0 Å². The lowest BCUT2D eigenvalue weighted by Crippen LogP contribution is -2.58. The van der Waals surface area contributed by atoms with Gasteiger partial charge >= 0.3 is 6.01 Å². The highest BCUT2D eigenvalue weighted by Gasteiger charge is 2.36. The van der Waals surface area contributed by atoms with Gasteiger partial charge in [0.05, 0.1) is 16.7 Å². The van der Waals surface area contributed by atoms with Crippen molar-refractivity contribution in [1.29, 1.82) is 0 Å². The number of hydrogen-bond acceptors (Lipinski definition) is 7. The SMILES string of the molecule is C=CC(=O)N1C[C@H](C)N(c2nc(OC3CCC(C4CC4)NC3)nc3c(F)c(-c4c(C)ccc5cn[nH]c45)c(Cl)cc23)C[C@H]1C. The van der Waals surface area contributed by atoms with Crippen LogP contribution >= 0.6 is 11.6 Å². The largest absolute Gasteiger partial charge is 0.459 e. The first-order valence-electron chi connectivity index (χ1n) is 15.5. The number of benzene rings is 2. The topological polar surface area (TPSA) is 99.3 Å². The van der Waals surface area contributed by atoms with Gasteiger partial charge in [0.15, 0.2) is 5.82 Å². The number of fused-ring (bicyclic) bond motifs is 2. The molecule has 4 atom stereocenters. The van der Waals surface area contributed by atoms with E-state index < -0.39 is 5.82 Å². The van der Waals surface area contributed by atoms with Gasteiger partial charge in [0.2, 0.25) is 5.91 Å². The molecule has 230 valence electrons. The van der Waals surface area contributed by atoms with E-state index in [9.17, 15) is 4.79 Å². The number of nitrogens with zero attached hydrogens (tertiary/aromatic N) is 5. The Bertz CT molecular complexity index is 1760. The summed E-state index contributed by atoms with van der Waals surface area (Å²) in [7, 11) is 0. The number of nitrogens with one attached hydrogen (secondary N) is 2. The number of halogens is 2. The van der Waals surface area contributed by atoms with Gasteiger partial charge in [-0.1, -0.05) is 30.3 Å². The van der Waals surface area contributed by atoms with Gasteiger partial charge in [-0.15, -0.1) is 0 Å². The van der Waals surface area contributed by atoms with Crippen molar-refractivity contribution < 1.29 is 13.9 Å². The van der Waals surface area contributed by atoms with E-state index in [0.29, 0.717) is 48.0 Å². The predicted octanol–water partition coefficient (Wildman–Crippen LogP) is 5.80. The second-order valence-corrected chi connectivity index (χ2v) is 13.0. The van der Waals surface area contributed by atoms with Crippen molar-refractivity contribution >= 4 is 45.1 Å². The summed E-state index contributed by atoms with van der Waals surface area (Å²) in [6, 6.07) is 6.08. The summed E-state index contributed by atoms with van der Waals surface area (Å²) < 4.78 is 23.3. The van der Waals surface area contributed by atoms with Crippen LogP contribution in [0.15, 0.2) is 37.1 Å². The van der Waals surface area contributed by atoms with Crippen LogP contribution in [0.4, 0.5) is 10.2 Å². The van der Waals surface area contributed by atoms with Crippen LogP contribution in [0.25, 0.3) is 32.9 Å². The lowest BCUT2D eigenvalue weighted by Gasteiger charge is -2.44. The van der Waals surface area contributed by atoms with Gasteiger partial charge in [-0.2, -0.15) is 15.1 Å². The van der Waals surface area contributed by atoms with E-state index in [1.165, 1.54) is 18.9 Å². The van der Waals surface area contributed by atoms with E-state index in [-0.39, 0.29) is 46.2 Å². The van der Waals surface area contributed by atoms with E-state index in [2.05, 4.69) is 27.0 Å². The summed E-state index contributed by atoms with van der Waals surface area (Å²) >= 11 is 6.93. The molecule has 44 heavy (non-hydrogen) atoms. The zero-order valence-corrected chi connectivity index (χ0v) is 26.0. The number of aryl methyl sites for hydroxylation is 1. The Morgan fingerprint density at radius 2 is 1.95 bits per heavy atom. The van der Waals surface area contributed by atoms with Crippen LogP contribution in [0.1, 0.15) is 45.1 Å². The van der Waals surface area contributed by atoms with Crippen LogP contribution in [0.3, 0.4) is 0 Å². The quantitative estimate of drug-likeness (QED) is 0.264. The molecule has 4 aromatic rings. The summed E-state index contributed by atoms with van der Waals surface area (Å²) in [5, 5.41) is 12.4. The van der Waals surface area contributed by atoms with Crippen molar-refractivity contribution in [1.82, 2.24) is 30.4 Å². The molecule has 1 aliphatic carbocycles. The van der Waals surface area contributed by atoms with Crippen molar-refractivity contribution in [3.8, 4) is 17.1 Å². The lowest BCUT2D eigenvalue weighted by atomic mass is 9.96. The van der Waals surface area contributed by atoms with Crippen molar-refractivity contribution in [3.63, 3.8) is 0 Å². The van der Waals surface area contributed by atoms with Crippen molar-refractivity contribution in [2.24, 2.45) is 5.92 Å². The zero-order valence-electron chi connectivity index (χ0n) is 25.2. The van der Waals surface area contributed by atoms with Crippen LogP contribution in [0.5, 0.6) is 6.01 Å². The maximum Gasteiger partial charge on any atom is 0.319 e. The average Bonchev–Trinajstić information content (AvgIpc) is 3.76. The molecule has 0 radical (unpaired) electrons. The number of ether oxygens (including phenoxy) is 1. The molecule has 2 aromatic heterocycles. The first kappa shape index (κ1) is 29.0. The minimum Gasteiger partial charge on any atom is -0.459 e. The zero-order chi connectivity index (χ0) is 30.7. The molecule has 2 unspecified atom stereocenters. The van der Waals surface area contributed by atoms with Gasteiger partial charge in [0.1, 0.15) is 17.4 Å². The first-order valence-corrected chi connectivity index (χ1v) is 15.8. The maximum atomic E-state index is 16.9. The highest BCUT2D eigenvalue weighted by molar-refractivity contribution is 6.35. The molecule has 0 spiro atoms. The van der Waals surface area contributed by atoms with Gasteiger partial charge in [-0.25, -0.2) is 4.39 Å². The number of piperidine rings is 1. The fraction of sp³-hybridized carbons (Fsp3) is 0.455. The number of anilines is 1. The number of aromatic nitrogens is 4. The number of H-pyrrole nitrogens is 1. The number of aromatic amines is 1. The van der Waals surface area contributed by atoms with Crippen LogP contribution in [-0.2, 0) is 4.79 Å². The van der Waals surface area contributed by atoms with Crippen LogP contribution < -0.4 is 15.0 Å². The van der Waals surface area contributed by atoms with Crippen LogP contribution in [-0.4, -0.2) is 74.8 Å². The fourth-order valence-electron chi connectivity index (χ4n) is 6.95. The summed E-state index contributed by atoms with van der Waals surface area (Å²) in [6.45, 7) is 11.3. The summed E-state index contributed by atoms with van der Waals surface area (Å²) in [5.41, 5.74) is 2.62. The van der Waals surface area contributed by atoms with Crippen molar-refractivity contribution in [2.45, 2.75) is 70.7 Å². The van der Waals surface area contributed by atoms with Crippen LogP contribution in [0.2, 0.25) is 5.02 Å². The third-order valence-electron chi connectivity index (χ3n) is 9.50. The number of piperazine rings is 1. The van der Waals surface area contributed by atoms with Crippen LogP contribution in [0, 0.1) is 18.7 Å². The monoisotopic (exact) mass is 617 g/mol. The first-order chi connectivity index (χ1) is 21.2. The van der Waals surface area contributed by atoms with E-state index >= 15 is 4.39 Å². The maximum absolute atomic E-state index is 16.9. The van der Waals surface area contributed by atoms with E-state index in [1.807, 2.05) is 32.9 Å². The normalized spacial score (nSPS) is 24.2. The number of carbonyl (C=O) groups is 1. The van der Waals surface area contributed by atoms with Gasteiger partial charge in [0, 0.05) is 59.7 Å². The van der Waals surface area contributed by atoms with E-state index in [1.54, 1.807) is 17.2 Å². The molecule has 3 aliphatic rings. The highest BCUT2D eigenvalue weighted by atomic mass is 35.5. The average molecular weight is 618 g/mol. The van der Waals surface area contributed by atoms with Crippen molar-refractivity contribution in [2.75, 3.05) is 24.5 Å². The Morgan fingerprint density at radius 1 is 1.14 bits per heavy atom. The van der Waals surface area contributed by atoms with Gasteiger partial charge < -0.3 is 19.9 Å². The molecule has 2 aliphatic heterocycles. The molecule has 2 N–H and O–H groups in total. The van der Waals surface area contributed by atoms with E-state index in [0.717, 1.165) is 29.7 Å². The Morgan fingerprint density at radius 3 is 2.68 bits per heavy atom. The second-order valence-electron chi connectivity index (χ2n) is 12.6. The molecule has 0 bridgehead atoms. The summed E-state index contributed by atoms with van der Waals surface area (Å²) in [6.07, 6.45) is 7.43. The molecular formula is C33H37ClFN7O2. The third kappa shape index (κ3) is 5.07.